The van der Waals surface area contributed by atoms with Crippen LogP contribution in [0.25, 0.3) is 0 Å². The van der Waals surface area contributed by atoms with Crippen LogP contribution in [0.4, 0.5) is 0 Å². The second-order valence-electron chi connectivity index (χ2n) is 5.10. The van der Waals surface area contributed by atoms with E-state index in [0.717, 1.165) is 17.9 Å². The highest BCUT2D eigenvalue weighted by molar-refractivity contribution is 5.72. The summed E-state index contributed by atoms with van der Waals surface area (Å²) >= 11 is 0. The number of carbonyl (C=O) groups excluding carboxylic acids is 1. The molecule has 2 rings (SSSR count). The Hall–Kier alpha value is -2.36. The van der Waals surface area contributed by atoms with Crippen molar-refractivity contribution >= 4 is 5.91 Å². The standard InChI is InChI=1S/C17H21N2O2/c1-14(20)18(2)12-16-8-10-19(11-9-16)13-15-4-6-17(21-3)7-5-15/h4-11H,12-13H2,1-3H3/q+1. The molecule has 1 amide bonds. The minimum Gasteiger partial charge on any atom is -0.497 e. The number of hydrogen-bond acceptors (Lipinski definition) is 2. The van der Waals surface area contributed by atoms with Crippen LogP contribution in [-0.2, 0) is 17.9 Å². The van der Waals surface area contributed by atoms with Crippen molar-refractivity contribution in [3.63, 3.8) is 0 Å². The number of rotatable bonds is 5. The molecule has 0 aliphatic carbocycles. The van der Waals surface area contributed by atoms with Gasteiger partial charge in [-0.15, -0.1) is 0 Å². The van der Waals surface area contributed by atoms with Gasteiger partial charge in [0.15, 0.2) is 18.9 Å². The first kappa shape index (κ1) is 15.0. The van der Waals surface area contributed by atoms with Crippen molar-refractivity contribution in [1.82, 2.24) is 4.90 Å². The normalized spacial score (nSPS) is 10.2. The highest BCUT2D eigenvalue weighted by atomic mass is 16.5. The third-order valence-corrected chi connectivity index (χ3v) is 3.44. The van der Waals surface area contributed by atoms with Gasteiger partial charge in [-0.05, 0) is 29.8 Å². The van der Waals surface area contributed by atoms with Crippen molar-refractivity contribution in [2.45, 2.75) is 20.0 Å². The average Bonchev–Trinajstić information content (AvgIpc) is 2.50. The first-order chi connectivity index (χ1) is 10.1. The van der Waals surface area contributed by atoms with Gasteiger partial charge in [0.2, 0.25) is 5.91 Å². The fourth-order valence-electron chi connectivity index (χ4n) is 2.03. The summed E-state index contributed by atoms with van der Waals surface area (Å²) in [5, 5.41) is 0. The summed E-state index contributed by atoms with van der Waals surface area (Å²) in [7, 11) is 3.47. The van der Waals surface area contributed by atoms with Crippen molar-refractivity contribution in [3.05, 3.63) is 59.9 Å². The van der Waals surface area contributed by atoms with Gasteiger partial charge in [0.25, 0.3) is 0 Å². The van der Waals surface area contributed by atoms with Gasteiger partial charge in [0.1, 0.15) is 5.75 Å². The quantitative estimate of drug-likeness (QED) is 0.787. The molecule has 21 heavy (non-hydrogen) atoms. The zero-order chi connectivity index (χ0) is 15.2. The molecular weight excluding hydrogens is 264 g/mol. The maximum Gasteiger partial charge on any atom is 0.219 e. The first-order valence-corrected chi connectivity index (χ1v) is 6.91. The molecule has 0 saturated carbocycles. The van der Waals surface area contributed by atoms with Crippen molar-refractivity contribution < 1.29 is 14.1 Å². The number of nitrogens with zero attached hydrogens (tertiary/aromatic N) is 2. The third-order valence-electron chi connectivity index (χ3n) is 3.44. The van der Waals surface area contributed by atoms with Crippen LogP contribution >= 0.6 is 0 Å². The second-order valence-corrected chi connectivity index (χ2v) is 5.10. The van der Waals surface area contributed by atoms with E-state index in [-0.39, 0.29) is 5.91 Å². The second kappa shape index (κ2) is 6.88. The average molecular weight is 285 g/mol. The fraction of sp³-hybridized carbons (Fsp3) is 0.294. The van der Waals surface area contributed by atoms with Crippen molar-refractivity contribution in [1.29, 1.82) is 0 Å². The number of carbonyl (C=O) groups is 1. The van der Waals surface area contributed by atoms with Gasteiger partial charge in [-0.2, -0.15) is 0 Å². The van der Waals surface area contributed by atoms with E-state index < -0.39 is 0 Å². The molecule has 4 heteroatoms. The Morgan fingerprint density at radius 3 is 2.24 bits per heavy atom. The third kappa shape index (κ3) is 4.31. The number of benzene rings is 1. The van der Waals surface area contributed by atoms with Gasteiger partial charge in [-0.1, -0.05) is 0 Å². The minimum atomic E-state index is 0.0740. The van der Waals surface area contributed by atoms with Crippen molar-refractivity contribution in [2.24, 2.45) is 0 Å². The van der Waals surface area contributed by atoms with Gasteiger partial charge < -0.3 is 9.64 Å². The molecular formula is C17H21N2O2+. The Balaban J connectivity index is 1.99. The predicted octanol–water partition coefficient (Wildman–Crippen LogP) is 2.01. The lowest BCUT2D eigenvalue weighted by Gasteiger charge is -2.13. The Bertz CT molecular complexity index is 591. The topological polar surface area (TPSA) is 33.4 Å². The number of amides is 1. The van der Waals surface area contributed by atoms with E-state index in [9.17, 15) is 4.79 Å². The van der Waals surface area contributed by atoms with E-state index in [2.05, 4.69) is 16.7 Å². The fourth-order valence-corrected chi connectivity index (χ4v) is 2.03. The van der Waals surface area contributed by atoms with Gasteiger partial charge in [-0.3, -0.25) is 4.79 Å². The van der Waals surface area contributed by atoms with E-state index in [1.54, 1.807) is 26.0 Å². The van der Waals surface area contributed by atoms with Crippen LogP contribution in [-0.4, -0.2) is 25.0 Å². The van der Waals surface area contributed by atoms with Crippen LogP contribution < -0.4 is 9.30 Å². The zero-order valence-corrected chi connectivity index (χ0v) is 12.7. The smallest absolute Gasteiger partial charge is 0.219 e. The summed E-state index contributed by atoms with van der Waals surface area (Å²) in [5.74, 6) is 0.941. The number of pyridine rings is 1. The van der Waals surface area contributed by atoms with E-state index in [1.165, 1.54) is 5.56 Å². The van der Waals surface area contributed by atoms with E-state index >= 15 is 0 Å². The zero-order valence-electron chi connectivity index (χ0n) is 12.7. The number of hydrogen-bond donors (Lipinski definition) is 0. The summed E-state index contributed by atoms with van der Waals surface area (Å²) in [6, 6.07) is 12.1. The summed E-state index contributed by atoms with van der Waals surface area (Å²) in [6.07, 6.45) is 4.07. The van der Waals surface area contributed by atoms with E-state index in [1.807, 2.05) is 36.7 Å². The number of aromatic nitrogens is 1. The van der Waals surface area contributed by atoms with Crippen molar-refractivity contribution in [2.75, 3.05) is 14.2 Å². The SMILES string of the molecule is COc1ccc(C[n+]2ccc(CN(C)C(C)=O)cc2)cc1. The van der Waals surface area contributed by atoms with Gasteiger partial charge >= 0.3 is 0 Å². The molecule has 0 aliphatic rings. The monoisotopic (exact) mass is 285 g/mol. The molecule has 0 saturated heterocycles. The minimum absolute atomic E-state index is 0.0740. The molecule has 0 atom stereocenters. The first-order valence-electron chi connectivity index (χ1n) is 6.91. The molecule has 0 aliphatic heterocycles. The van der Waals surface area contributed by atoms with Crippen molar-refractivity contribution in [3.8, 4) is 5.75 Å². The lowest BCUT2D eigenvalue weighted by Crippen LogP contribution is -2.33. The molecule has 0 unspecified atom stereocenters. The van der Waals surface area contributed by atoms with Crippen LogP contribution in [0.3, 0.4) is 0 Å². The van der Waals surface area contributed by atoms with Gasteiger partial charge in [0.05, 0.1) is 7.11 Å². The lowest BCUT2D eigenvalue weighted by molar-refractivity contribution is -0.688. The Kier molecular flexibility index (Phi) is 4.93. The summed E-state index contributed by atoms with van der Waals surface area (Å²) in [6.45, 7) is 3.03. The molecule has 1 aromatic heterocycles. The predicted molar refractivity (Wildman–Crippen MR) is 80.9 cm³/mol. The molecule has 2 aromatic rings. The highest BCUT2D eigenvalue weighted by Gasteiger charge is 2.06. The number of ether oxygens (including phenoxy) is 1. The molecule has 110 valence electrons. The Morgan fingerprint density at radius 2 is 1.71 bits per heavy atom. The summed E-state index contributed by atoms with van der Waals surface area (Å²) < 4.78 is 7.26. The largest absolute Gasteiger partial charge is 0.497 e. The molecule has 0 bridgehead atoms. The maximum absolute atomic E-state index is 11.2. The van der Waals surface area contributed by atoms with Crippen LogP contribution in [0.1, 0.15) is 18.1 Å². The maximum atomic E-state index is 11.2. The molecule has 0 radical (unpaired) electrons. The van der Waals surface area contributed by atoms with Gasteiger partial charge in [-0.25, -0.2) is 4.57 Å². The van der Waals surface area contributed by atoms with E-state index in [4.69, 9.17) is 4.74 Å². The Morgan fingerprint density at radius 1 is 1.10 bits per heavy atom. The molecule has 1 heterocycles. The lowest BCUT2D eigenvalue weighted by atomic mass is 10.2. The van der Waals surface area contributed by atoms with Crippen LogP contribution in [0.2, 0.25) is 0 Å². The van der Waals surface area contributed by atoms with Crippen LogP contribution in [0.5, 0.6) is 5.75 Å². The molecule has 0 spiro atoms. The summed E-state index contributed by atoms with van der Waals surface area (Å²) in [5.41, 5.74) is 2.34. The summed E-state index contributed by atoms with van der Waals surface area (Å²) in [4.78, 5) is 12.9. The Labute approximate surface area is 125 Å². The molecule has 0 fully saturated rings. The van der Waals surface area contributed by atoms with Crippen LogP contribution in [0.15, 0.2) is 48.8 Å². The van der Waals surface area contributed by atoms with Gasteiger partial charge in [0, 0.05) is 38.2 Å². The molecule has 1 aromatic carbocycles. The number of methoxy groups -OCH3 is 1. The molecule has 4 nitrogen and oxygen atoms in total. The van der Waals surface area contributed by atoms with Crippen LogP contribution in [0, 0.1) is 0 Å². The highest BCUT2D eigenvalue weighted by Crippen LogP contribution is 2.11. The molecule has 0 N–H and O–H groups in total. The van der Waals surface area contributed by atoms with E-state index in [0.29, 0.717) is 6.54 Å².